The fraction of sp³-hybridized carbons (Fsp3) is 0.167. The molecule has 2 N–H and O–H groups in total. The van der Waals surface area contributed by atoms with Gasteiger partial charge in [-0.3, -0.25) is 4.79 Å². The van der Waals surface area contributed by atoms with Crippen molar-refractivity contribution in [1.29, 1.82) is 0 Å². The van der Waals surface area contributed by atoms with E-state index >= 15 is 0 Å². The van der Waals surface area contributed by atoms with E-state index in [1.165, 1.54) is 0 Å². The molecular formula is C6H4BrNO5. The number of aromatic carboxylic acids is 1. The Bertz CT molecular complexity index is 358. The molecule has 0 aromatic carbocycles. The van der Waals surface area contributed by atoms with E-state index in [4.69, 9.17) is 10.2 Å². The van der Waals surface area contributed by atoms with E-state index in [9.17, 15) is 9.59 Å². The monoisotopic (exact) mass is 249 g/mol. The molecule has 0 saturated heterocycles. The topological polar surface area (TPSA) is 101 Å². The standard InChI is InChI=1S/C6H4BrNO5/c7-5-4(6(11)12)2(13-8-5)1-3(9)10/h1H2,(H,9,10)(H,11,12). The summed E-state index contributed by atoms with van der Waals surface area (Å²) in [6.45, 7) is 0. The van der Waals surface area contributed by atoms with Crippen molar-refractivity contribution >= 4 is 27.9 Å². The molecule has 7 heteroatoms. The SMILES string of the molecule is O=C(O)Cc1onc(Br)c1C(=O)O. The number of carboxylic acids is 2. The van der Waals surface area contributed by atoms with Crippen LogP contribution in [0.2, 0.25) is 0 Å². The van der Waals surface area contributed by atoms with Gasteiger partial charge in [-0.05, 0) is 15.9 Å². The van der Waals surface area contributed by atoms with Crippen molar-refractivity contribution in [1.82, 2.24) is 5.16 Å². The number of rotatable bonds is 3. The van der Waals surface area contributed by atoms with Crippen LogP contribution in [0.15, 0.2) is 9.13 Å². The first kappa shape index (κ1) is 9.72. The number of carbonyl (C=O) groups is 2. The van der Waals surface area contributed by atoms with Crippen molar-refractivity contribution in [3.8, 4) is 0 Å². The minimum absolute atomic E-state index is 0.00347. The molecule has 1 aromatic heterocycles. The van der Waals surface area contributed by atoms with E-state index < -0.39 is 18.4 Å². The van der Waals surface area contributed by atoms with Crippen LogP contribution in [0.4, 0.5) is 0 Å². The summed E-state index contributed by atoms with van der Waals surface area (Å²) in [6.07, 6.45) is -0.500. The van der Waals surface area contributed by atoms with Crippen molar-refractivity contribution < 1.29 is 24.3 Å². The number of hydrogen-bond donors (Lipinski definition) is 2. The van der Waals surface area contributed by atoms with Crippen LogP contribution in [-0.4, -0.2) is 27.3 Å². The van der Waals surface area contributed by atoms with Crippen molar-refractivity contribution in [2.45, 2.75) is 6.42 Å². The maximum atomic E-state index is 10.6. The zero-order valence-corrected chi connectivity index (χ0v) is 7.74. The van der Waals surface area contributed by atoms with Gasteiger partial charge in [0.1, 0.15) is 12.0 Å². The van der Waals surface area contributed by atoms with Gasteiger partial charge in [-0.2, -0.15) is 0 Å². The molecule has 6 nitrogen and oxygen atoms in total. The molecule has 1 heterocycles. The van der Waals surface area contributed by atoms with Crippen molar-refractivity contribution in [2.75, 3.05) is 0 Å². The summed E-state index contributed by atoms with van der Waals surface area (Å²) in [5, 5.41) is 20.3. The Morgan fingerprint density at radius 3 is 2.54 bits per heavy atom. The third-order valence-electron chi connectivity index (χ3n) is 1.25. The van der Waals surface area contributed by atoms with Crippen molar-refractivity contribution in [3.05, 3.63) is 15.9 Å². The fourth-order valence-corrected chi connectivity index (χ4v) is 1.23. The normalized spacial score (nSPS) is 9.92. The quantitative estimate of drug-likeness (QED) is 0.821. The maximum absolute atomic E-state index is 10.6. The first-order chi connectivity index (χ1) is 6.02. The van der Waals surface area contributed by atoms with Gasteiger partial charge in [0.25, 0.3) is 0 Å². The van der Waals surface area contributed by atoms with E-state index in [1.807, 2.05) is 0 Å². The molecule has 13 heavy (non-hydrogen) atoms. The van der Waals surface area contributed by atoms with E-state index in [0.29, 0.717) is 0 Å². The van der Waals surface area contributed by atoms with Crippen LogP contribution in [-0.2, 0) is 11.2 Å². The summed E-state index contributed by atoms with van der Waals surface area (Å²) in [5.74, 6) is -2.62. The first-order valence-corrected chi connectivity index (χ1v) is 3.90. The zero-order valence-electron chi connectivity index (χ0n) is 6.15. The molecule has 0 bridgehead atoms. The van der Waals surface area contributed by atoms with Gasteiger partial charge in [0.2, 0.25) is 0 Å². The van der Waals surface area contributed by atoms with E-state index in [0.717, 1.165) is 0 Å². The smallest absolute Gasteiger partial charge is 0.342 e. The van der Waals surface area contributed by atoms with Gasteiger partial charge >= 0.3 is 11.9 Å². The van der Waals surface area contributed by atoms with Crippen LogP contribution < -0.4 is 0 Å². The Morgan fingerprint density at radius 1 is 1.46 bits per heavy atom. The molecule has 0 fully saturated rings. The van der Waals surface area contributed by atoms with Crippen LogP contribution in [0.1, 0.15) is 16.1 Å². The molecule has 0 atom stereocenters. The lowest BCUT2D eigenvalue weighted by molar-refractivity contribution is -0.136. The van der Waals surface area contributed by atoms with Gasteiger partial charge in [0.05, 0.1) is 0 Å². The van der Waals surface area contributed by atoms with E-state index in [-0.39, 0.29) is 15.9 Å². The molecule has 0 aliphatic heterocycles. The van der Waals surface area contributed by atoms with Gasteiger partial charge in [0, 0.05) is 0 Å². The Kier molecular flexibility index (Phi) is 2.66. The molecule has 0 aliphatic rings. The van der Waals surface area contributed by atoms with E-state index in [1.54, 1.807) is 0 Å². The predicted octanol–water partition coefficient (Wildman–Crippen LogP) is 0.762. The molecule has 70 valence electrons. The molecule has 1 aromatic rings. The highest BCUT2D eigenvalue weighted by Crippen LogP contribution is 2.19. The Morgan fingerprint density at radius 2 is 2.08 bits per heavy atom. The molecule has 0 unspecified atom stereocenters. The second-order valence-corrected chi connectivity index (χ2v) is 2.90. The number of nitrogens with zero attached hydrogens (tertiary/aromatic N) is 1. The van der Waals surface area contributed by atoms with Crippen molar-refractivity contribution in [3.63, 3.8) is 0 Å². The Balaban J connectivity index is 3.07. The molecule has 0 amide bonds. The Labute approximate surface area is 80.3 Å². The third-order valence-corrected chi connectivity index (χ3v) is 1.79. The van der Waals surface area contributed by atoms with Gasteiger partial charge in [-0.15, -0.1) is 0 Å². The minimum atomic E-state index is -1.27. The van der Waals surface area contributed by atoms with Crippen LogP contribution in [0.3, 0.4) is 0 Å². The Hall–Kier alpha value is -1.37. The van der Waals surface area contributed by atoms with Crippen LogP contribution in [0.25, 0.3) is 0 Å². The largest absolute Gasteiger partial charge is 0.481 e. The summed E-state index contributed by atoms with van der Waals surface area (Å²) in [5.41, 5.74) is -0.248. The lowest BCUT2D eigenvalue weighted by atomic mass is 10.2. The van der Waals surface area contributed by atoms with Gasteiger partial charge in [-0.1, -0.05) is 5.16 Å². The number of hydrogen-bond acceptors (Lipinski definition) is 4. The average molecular weight is 250 g/mol. The van der Waals surface area contributed by atoms with Crippen LogP contribution in [0.5, 0.6) is 0 Å². The third kappa shape index (κ3) is 2.05. The maximum Gasteiger partial charge on any atom is 0.342 e. The average Bonchev–Trinajstić information content (AvgIpc) is 2.30. The highest BCUT2D eigenvalue weighted by Gasteiger charge is 2.22. The predicted molar refractivity (Wildman–Crippen MR) is 42.5 cm³/mol. The molecular weight excluding hydrogens is 246 g/mol. The highest BCUT2D eigenvalue weighted by atomic mass is 79.9. The van der Waals surface area contributed by atoms with Crippen molar-refractivity contribution in [2.24, 2.45) is 0 Å². The van der Waals surface area contributed by atoms with E-state index in [2.05, 4.69) is 25.6 Å². The molecule has 0 spiro atoms. The number of aromatic nitrogens is 1. The van der Waals surface area contributed by atoms with Crippen LogP contribution in [0, 0.1) is 0 Å². The van der Waals surface area contributed by atoms with Gasteiger partial charge in [0.15, 0.2) is 10.4 Å². The second kappa shape index (κ2) is 3.56. The van der Waals surface area contributed by atoms with Crippen LogP contribution >= 0.6 is 15.9 Å². The number of carboxylic acid groups (broad SMARTS) is 2. The summed E-state index contributed by atoms with van der Waals surface area (Å²) in [7, 11) is 0. The summed E-state index contributed by atoms with van der Waals surface area (Å²) >= 11 is 2.83. The fourth-order valence-electron chi connectivity index (χ4n) is 0.767. The lowest BCUT2D eigenvalue weighted by Crippen LogP contribution is -2.05. The molecule has 0 aliphatic carbocycles. The molecule has 0 saturated carbocycles. The summed E-state index contributed by atoms with van der Waals surface area (Å²) in [6, 6.07) is 0. The summed E-state index contributed by atoms with van der Waals surface area (Å²) in [4.78, 5) is 20.8. The van der Waals surface area contributed by atoms with Gasteiger partial charge < -0.3 is 14.7 Å². The second-order valence-electron chi connectivity index (χ2n) is 2.15. The molecule has 1 rings (SSSR count). The first-order valence-electron chi connectivity index (χ1n) is 3.11. The minimum Gasteiger partial charge on any atom is -0.481 e. The summed E-state index contributed by atoms with van der Waals surface area (Å²) < 4.78 is 4.51. The van der Waals surface area contributed by atoms with Gasteiger partial charge in [-0.25, -0.2) is 4.79 Å². The highest BCUT2D eigenvalue weighted by molar-refractivity contribution is 9.10. The number of halogens is 1. The zero-order chi connectivity index (χ0) is 10.0. The lowest BCUT2D eigenvalue weighted by Gasteiger charge is -1.91. The number of aliphatic carboxylic acids is 1. The molecule has 0 radical (unpaired) electrons.